The van der Waals surface area contributed by atoms with Gasteiger partial charge in [0.2, 0.25) is 0 Å². The first-order valence-electron chi connectivity index (χ1n) is 7.22. The number of thiazole rings is 1. The van der Waals surface area contributed by atoms with Crippen molar-refractivity contribution in [2.24, 2.45) is 5.41 Å². The highest BCUT2D eigenvalue weighted by Crippen LogP contribution is 2.33. The summed E-state index contributed by atoms with van der Waals surface area (Å²) < 4.78 is 0. The highest BCUT2D eigenvalue weighted by atomic mass is 32.1. The van der Waals surface area contributed by atoms with E-state index in [9.17, 15) is 14.7 Å². The number of aromatic nitrogens is 1. The monoisotopic (exact) mass is 311 g/mol. The normalized spacial score (nSPS) is 22.0. The van der Waals surface area contributed by atoms with E-state index >= 15 is 0 Å². The number of carbonyl (C=O) groups is 2. The second-order valence-corrected chi connectivity index (χ2v) is 6.35. The second kappa shape index (κ2) is 6.89. The molecule has 0 saturated carbocycles. The lowest BCUT2D eigenvalue weighted by molar-refractivity contribution is -0.152. The molecule has 0 radical (unpaired) electrons. The Balaban J connectivity index is 1.85. The van der Waals surface area contributed by atoms with Gasteiger partial charge < -0.3 is 15.3 Å². The predicted octanol–water partition coefficient (Wildman–Crippen LogP) is 1.97. The van der Waals surface area contributed by atoms with Gasteiger partial charge in [0, 0.05) is 37.6 Å². The lowest BCUT2D eigenvalue weighted by Gasteiger charge is -2.39. The number of amides is 2. The van der Waals surface area contributed by atoms with E-state index in [4.69, 9.17) is 0 Å². The van der Waals surface area contributed by atoms with Gasteiger partial charge in [-0.2, -0.15) is 0 Å². The van der Waals surface area contributed by atoms with Crippen molar-refractivity contribution in [2.75, 3.05) is 19.6 Å². The van der Waals surface area contributed by atoms with Crippen LogP contribution in [0.25, 0.3) is 0 Å². The molecule has 1 fully saturated rings. The molecule has 1 aromatic heterocycles. The van der Waals surface area contributed by atoms with Gasteiger partial charge >= 0.3 is 12.0 Å². The fourth-order valence-corrected chi connectivity index (χ4v) is 3.30. The Kier molecular flexibility index (Phi) is 5.17. The molecule has 116 valence electrons. The van der Waals surface area contributed by atoms with Crippen molar-refractivity contribution in [1.29, 1.82) is 0 Å². The largest absolute Gasteiger partial charge is 0.481 e. The van der Waals surface area contributed by atoms with Crippen LogP contribution in [0.1, 0.15) is 31.2 Å². The number of carboxylic acid groups (broad SMARTS) is 1. The molecule has 1 aromatic rings. The number of rotatable bonds is 5. The quantitative estimate of drug-likeness (QED) is 0.871. The number of nitrogens with zero attached hydrogens (tertiary/aromatic N) is 2. The number of urea groups is 1. The Hall–Kier alpha value is -1.63. The van der Waals surface area contributed by atoms with Crippen molar-refractivity contribution in [2.45, 2.75) is 32.6 Å². The Labute approximate surface area is 128 Å². The van der Waals surface area contributed by atoms with Gasteiger partial charge in [0.25, 0.3) is 0 Å². The molecule has 0 spiro atoms. The first-order chi connectivity index (χ1) is 10.1. The molecule has 1 saturated heterocycles. The number of nitrogens with one attached hydrogen (secondary N) is 1. The third-order valence-corrected chi connectivity index (χ3v) is 4.93. The van der Waals surface area contributed by atoms with Gasteiger partial charge in [-0.3, -0.25) is 4.79 Å². The van der Waals surface area contributed by atoms with Crippen LogP contribution < -0.4 is 5.32 Å². The molecule has 0 aliphatic carbocycles. The summed E-state index contributed by atoms with van der Waals surface area (Å²) in [6.07, 6.45) is 4.37. The predicted molar refractivity (Wildman–Crippen MR) is 80.4 cm³/mol. The number of hydrogen-bond donors (Lipinski definition) is 2. The van der Waals surface area contributed by atoms with Crippen LogP contribution in [0.3, 0.4) is 0 Å². The Morgan fingerprint density at radius 3 is 3.00 bits per heavy atom. The van der Waals surface area contributed by atoms with E-state index in [-0.39, 0.29) is 6.03 Å². The average molecular weight is 311 g/mol. The molecule has 2 heterocycles. The van der Waals surface area contributed by atoms with E-state index in [1.165, 1.54) is 0 Å². The fourth-order valence-electron chi connectivity index (χ4n) is 2.68. The Bertz CT molecular complexity index is 492. The van der Waals surface area contributed by atoms with Crippen LogP contribution >= 0.6 is 11.3 Å². The summed E-state index contributed by atoms with van der Waals surface area (Å²) in [4.78, 5) is 29.4. The van der Waals surface area contributed by atoms with Gasteiger partial charge in [-0.15, -0.1) is 11.3 Å². The number of piperidine rings is 1. The molecular formula is C14H21N3O3S. The maximum atomic E-state index is 12.2. The second-order valence-electron chi connectivity index (χ2n) is 5.37. The third-order valence-electron chi connectivity index (χ3n) is 4.09. The van der Waals surface area contributed by atoms with E-state index in [0.29, 0.717) is 38.9 Å². The smallest absolute Gasteiger partial charge is 0.317 e. The molecule has 2 rings (SSSR count). The molecule has 2 amide bonds. The van der Waals surface area contributed by atoms with Crippen molar-refractivity contribution in [3.63, 3.8) is 0 Å². The van der Waals surface area contributed by atoms with Crippen molar-refractivity contribution >= 4 is 23.3 Å². The van der Waals surface area contributed by atoms with Crippen LogP contribution in [-0.4, -0.2) is 46.6 Å². The van der Waals surface area contributed by atoms with Gasteiger partial charge in [-0.25, -0.2) is 9.78 Å². The fraction of sp³-hybridized carbons (Fsp3) is 0.643. The van der Waals surface area contributed by atoms with Gasteiger partial charge in [0.1, 0.15) is 0 Å². The van der Waals surface area contributed by atoms with E-state index in [1.54, 1.807) is 22.4 Å². The lowest BCUT2D eigenvalue weighted by atomic mass is 9.78. The first-order valence-corrected chi connectivity index (χ1v) is 8.10. The van der Waals surface area contributed by atoms with Crippen molar-refractivity contribution in [3.8, 4) is 0 Å². The van der Waals surface area contributed by atoms with Crippen molar-refractivity contribution < 1.29 is 14.7 Å². The van der Waals surface area contributed by atoms with Gasteiger partial charge in [0.15, 0.2) is 0 Å². The number of hydrogen-bond acceptors (Lipinski definition) is 4. The van der Waals surface area contributed by atoms with Crippen LogP contribution in [0.5, 0.6) is 0 Å². The number of carbonyl (C=O) groups excluding carboxylic acids is 1. The highest BCUT2D eigenvalue weighted by Gasteiger charge is 2.42. The minimum absolute atomic E-state index is 0.176. The Morgan fingerprint density at radius 1 is 1.57 bits per heavy atom. The average Bonchev–Trinajstić information content (AvgIpc) is 3.00. The van der Waals surface area contributed by atoms with E-state index in [1.807, 2.05) is 12.3 Å². The zero-order valence-electron chi connectivity index (χ0n) is 12.2. The lowest BCUT2D eigenvalue weighted by Crippen LogP contribution is -2.52. The summed E-state index contributed by atoms with van der Waals surface area (Å²) in [6, 6.07) is -0.176. The molecule has 1 aliphatic rings. The summed E-state index contributed by atoms with van der Waals surface area (Å²) in [7, 11) is 0. The summed E-state index contributed by atoms with van der Waals surface area (Å²) in [5.41, 5.74) is -0.787. The Morgan fingerprint density at radius 2 is 2.38 bits per heavy atom. The van der Waals surface area contributed by atoms with Crippen LogP contribution in [0, 0.1) is 5.41 Å². The molecule has 1 unspecified atom stereocenters. The van der Waals surface area contributed by atoms with E-state index < -0.39 is 11.4 Å². The molecular weight excluding hydrogens is 290 g/mol. The van der Waals surface area contributed by atoms with Gasteiger partial charge in [0.05, 0.1) is 10.4 Å². The zero-order valence-corrected chi connectivity index (χ0v) is 13.0. The number of likely N-dealkylation sites (tertiary alicyclic amines) is 1. The van der Waals surface area contributed by atoms with Gasteiger partial charge in [-0.1, -0.05) is 6.92 Å². The molecule has 1 atom stereocenters. The molecule has 7 heteroatoms. The summed E-state index contributed by atoms with van der Waals surface area (Å²) in [5.74, 6) is -0.801. The standard InChI is InChI=1S/C14H21N3O3S/c1-2-14(12(18)19)5-3-8-17(10-14)13(20)16-6-4-11-15-7-9-21-11/h7,9H,2-6,8,10H2,1H3,(H,16,20)(H,18,19). The minimum Gasteiger partial charge on any atom is -0.481 e. The zero-order chi connectivity index (χ0) is 15.3. The van der Waals surface area contributed by atoms with Crippen LogP contribution in [0.2, 0.25) is 0 Å². The number of aliphatic carboxylic acids is 1. The van der Waals surface area contributed by atoms with E-state index in [2.05, 4.69) is 10.3 Å². The highest BCUT2D eigenvalue weighted by molar-refractivity contribution is 7.09. The summed E-state index contributed by atoms with van der Waals surface area (Å²) in [6.45, 7) is 3.31. The molecule has 6 nitrogen and oxygen atoms in total. The topological polar surface area (TPSA) is 82.5 Å². The van der Waals surface area contributed by atoms with E-state index in [0.717, 1.165) is 11.4 Å². The van der Waals surface area contributed by atoms with Crippen LogP contribution in [0.15, 0.2) is 11.6 Å². The SMILES string of the molecule is CCC1(C(=O)O)CCCN(C(=O)NCCc2nccs2)C1. The van der Waals surface area contributed by atoms with Crippen molar-refractivity contribution in [3.05, 3.63) is 16.6 Å². The third kappa shape index (κ3) is 3.72. The molecule has 1 aliphatic heterocycles. The van der Waals surface area contributed by atoms with Gasteiger partial charge in [-0.05, 0) is 19.3 Å². The summed E-state index contributed by atoms with van der Waals surface area (Å²) >= 11 is 1.56. The molecule has 21 heavy (non-hydrogen) atoms. The molecule has 2 N–H and O–H groups in total. The number of carboxylic acids is 1. The maximum Gasteiger partial charge on any atom is 0.317 e. The first kappa shape index (κ1) is 15.8. The maximum absolute atomic E-state index is 12.2. The van der Waals surface area contributed by atoms with Crippen molar-refractivity contribution in [1.82, 2.24) is 15.2 Å². The van der Waals surface area contributed by atoms with Crippen LogP contribution in [-0.2, 0) is 11.2 Å². The molecule has 0 bridgehead atoms. The molecule has 0 aromatic carbocycles. The minimum atomic E-state index is -0.801. The summed E-state index contributed by atoms with van der Waals surface area (Å²) in [5, 5.41) is 15.2. The van der Waals surface area contributed by atoms with Crippen LogP contribution in [0.4, 0.5) is 4.79 Å².